The Kier molecular flexibility index (Phi) is 56.2. The van der Waals surface area contributed by atoms with Gasteiger partial charge < -0.3 is 88.6 Å². The molecule has 6 aliphatic rings. The topological polar surface area (TPSA) is 472 Å². The number of phenolic OH excluding ortho intramolecular Hbond substituents is 1. The highest BCUT2D eigenvalue weighted by atomic mass is 35.5. The minimum absolute atomic E-state index is 0. The number of carbonyl (C=O) groups excluding carboxylic acids is 9. The van der Waals surface area contributed by atoms with Gasteiger partial charge in [-0.2, -0.15) is 26.3 Å². The van der Waals surface area contributed by atoms with Crippen LogP contribution in [0.15, 0.2) is 179 Å². The number of ketones is 1. The van der Waals surface area contributed by atoms with Crippen molar-refractivity contribution < 1.29 is 159 Å². The van der Waals surface area contributed by atoms with E-state index >= 15 is 0 Å². The lowest BCUT2D eigenvalue weighted by Crippen LogP contribution is -2.36. The number of carboxylic acids is 3. The second kappa shape index (κ2) is 64.6. The number of aryl methyl sites for hydroxylation is 8. The molecule has 0 aliphatic carbocycles. The van der Waals surface area contributed by atoms with Gasteiger partial charge in [-0.25, -0.2) is 46.7 Å². The van der Waals surface area contributed by atoms with E-state index < -0.39 is 83.4 Å². The summed E-state index contributed by atoms with van der Waals surface area (Å²) in [4.78, 5) is 146. The van der Waals surface area contributed by atoms with Gasteiger partial charge in [0.05, 0.1) is 37.0 Å². The lowest BCUT2D eigenvalue weighted by Gasteiger charge is -2.25. The molecule has 6 atom stereocenters. The fourth-order valence-corrected chi connectivity index (χ4v) is 13.0. The molecular weight excluding hydrogens is 1940 g/mol. The van der Waals surface area contributed by atoms with Crippen LogP contribution in [0.25, 0.3) is 20.7 Å². The van der Waals surface area contributed by atoms with Gasteiger partial charge in [0.15, 0.2) is 29.5 Å². The predicted molar refractivity (Wildman–Crippen MR) is 525 cm³/mol. The summed E-state index contributed by atoms with van der Waals surface area (Å²) in [5.74, 6) is -7.59. The second-order valence-electron chi connectivity index (χ2n) is 30.4. The molecule has 1 amide bonds. The number of carboxylic acid groups (broad SMARTS) is 3. The van der Waals surface area contributed by atoms with E-state index in [-0.39, 0.29) is 77.8 Å². The first-order valence-corrected chi connectivity index (χ1v) is 44.8. The van der Waals surface area contributed by atoms with Gasteiger partial charge >= 0.3 is 66.6 Å². The smallest absolute Gasteiger partial charge is 0.491 e. The van der Waals surface area contributed by atoms with E-state index in [1.807, 2.05) is 48.5 Å². The lowest BCUT2D eigenvalue weighted by molar-refractivity contribution is -0.221. The largest absolute Gasteiger partial charge is 0.507 e. The number of methoxy groups -OCH3 is 1. The van der Waals surface area contributed by atoms with Crippen molar-refractivity contribution in [3.63, 3.8) is 0 Å². The van der Waals surface area contributed by atoms with Gasteiger partial charge in [-0.1, -0.05) is 137 Å². The van der Waals surface area contributed by atoms with Crippen molar-refractivity contribution >= 4 is 107 Å². The highest BCUT2D eigenvalue weighted by Crippen LogP contribution is 2.35. The van der Waals surface area contributed by atoms with Crippen LogP contribution in [0.4, 0.5) is 26.3 Å². The first kappa shape index (κ1) is 125. The van der Waals surface area contributed by atoms with Crippen LogP contribution in [-0.4, -0.2) is 198 Å². The van der Waals surface area contributed by atoms with Gasteiger partial charge in [0.2, 0.25) is 10.8 Å². The number of esters is 4. The molecule has 6 aliphatic heterocycles. The maximum atomic E-state index is 11.4. The molecule has 0 saturated carbocycles. The predicted octanol–water partition coefficient (Wildman–Crippen LogP) is 18.6. The third-order valence-corrected chi connectivity index (χ3v) is 20.6. The molecule has 9 aromatic rings. The number of para-hydroxylation sites is 3. The van der Waals surface area contributed by atoms with Crippen LogP contribution in [0.5, 0.6) is 40.2 Å². The van der Waals surface area contributed by atoms with Crippen LogP contribution < -0.4 is 45.3 Å². The molecule has 0 spiro atoms. The number of carbonyl (C=O) groups is 12. The zero-order valence-corrected chi connectivity index (χ0v) is 80.3. The van der Waals surface area contributed by atoms with Crippen molar-refractivity contribution in [3.05, 3.63) is 275 Å². The maximum absolute atomic E-state index is 11.4. The molecule has 782 valence electrons. The summed E-state index contributed by atoms with van der Waals surface area (Å²) in [6.45, 7) is 33.7. The van der Waals surface area contributed by atoms with Crippen LogP contribution in [0.3, 0.4) is 0 Å². The number of fused-ring (bicyclic) bond motifs is 7. The van der Waals surface area contributed by atoms with Crippen LogP contribution in [0, 0.1) is 27.0 Å². The fraction of sp³-hybridized carbons (Fsp3) is 0.369. The number of Topliss-reactive ketones (excluding diaryl/α,β-unsaturated/α-hetero) is 1. The molecule has 8 N–H and O–H groups in total. The van der Waals surface area contributed by atoms with Gasteiger partial charge in [0.1, 0.15) is 70.8 Å². The molecule has 144 heavy (non-hydrogen) atoms. The van der Waals surface area contributed by atoms with Crippen LogP contribution in [-0.2, 0) is 91.0 Å². The number of hydrogen-bond donors (Lipinski definition) is 6. The molecule has 0 saturated heterocycles. The van der Waals surface area contributed by atoms with Gasteiger partial charge in [-0.3, -0.25) is 38.5 Å². The molecule has 41 heteroatoms. The van der Waals surface area contributed by atoms with Crippen molar-refractivity contribution in [1.82, 2.24) is 4.90 Å². The van der Waals surface area contributed by atoms with E-state index in [4.69, 9.17) is 101 Å². The Morgan fingerprint density at radius 2 is 0.868 bits per heavy atom. The molecule has 15 rings (SSSR count). The number of rotatable bonds is 15. The normalized spacial score (nSPS) is 15.4. The molecule has 8 aromatic carbocycles. The van der Waals surface area contributed by atoms with Gasteiger partial charge in [0.25, 0.3) is 5.91 Å². The molecule has 0 bridgehead atoms. The molecule has 33 nitrogen and oxygen atoms in total. The summed E-state index contributed by atoms with van der Waals surface area (Å²) < 4.78 is 120. The monoisotopic (exact) mass is 2060 g/mol. The van der Waals surface area contributed by atoms with Gasteiger partial charge in [-0.15, -0.1) is 0 Å². The summed E-state index contributed by atoms with van der Waals surface area (Å²) in [5, 5.41) is 34.9. The number of aromatic carboxylic acids is 1. The van der Waals surface area contributed by atoms with Crippen molar-refractivity contribution in [2.24, 2.45) is 11.5 Å². The van der Waals surface area contributed by atoms with E-state index in [0.29, 0.717) is 90.0 Å². The lowest BCUT2D eigenvalue weighted by atomic mass is 10.00. The number of nitrogens with two attached hydrogens (primary N) is 2. The number of aldehydes is 3. The molecule has 6 unspecified atom stereocenters. The quantitative estimate of drug-likeness (QED) is 0.00639. The van der Waals surface area contributed by atoms with E-state index in [2.05, 4.69) is 86.4 Å². The number of nitrogens with zero attached hydrogens (tertiary/aromatic N) is 3. The van der Waals surface area contributed by atoms with Crippen molar-refractivity contribution in [3.8, 4) is 40.2 Å². The Hall–Kier alpha value is -14.8. The highest BCUT2D eigenvalue weighted by Gasteiger charge is 2.49. The number of halogens is 8. The SMILES string of the molecule is C.C.CC(=O)c1ccccc1O.CCN(CC)CC.CCOC(=O)C(=O)OCC.COC(Cl)Cl.Cc1ccc2c(c1)CCC(CN)O2.NC(=O)C1CCc2cc(C=O)ccc2O1.O=C(O)C1CCc2ccccc2O1.O=C(O)c1cc(=O)c2ccccc2o1.O=C(OC(=O)C(F)(F)F)C(F)(F)F.O=Cc1ccc2c(c1)CCC(C(=O)O)O2.[C-]#[N+]C1CCc2cc(C)ccc2O1.[C-]#[N+]C1CCc2cc(C=O)ccc2O1.[HH].[HH]. The summed E-state index contributed by atoms with van der Waals surface area (Å²) in [6, 6.07) is 49.4. The summed E-state index contributed by atoms with van der Waals surface area (Å²) in [7, 11) is 1.44. The standard InChI is InChI=1S/C11H11NO3.C11H9NO2.C11H11NO.C11H15NO.C11H10O4.C10H6O4.C10H10O3.C8H8O2.C6H15N.C6H10O4.C4F6O3.C2H4Cl2O.2CH4.2H2/c12-11(14)10-4-2-8-5-7(6-13)1-3-9(8)15-10;1-12-11-5-3-9-6-8(7-13)2-4-10(9)14-11;1-8-3-5-10-9(7-8)4-6-11(12-2)13-10;1-8-2-5-11-9(6-8)3-4-10(7-12)13-11;12-6-7-1-3-9-8(5-7)2-4-10(15-9)11(13)14;11-7-5-9(10(12)13)14-8-4-2-1-3-6(7)8;11-10(12)9-6-5-7-3-1-2-4-8(7)13-9;1-6(9)7-4-2-3-5-8(7)10;1-4-7(5-2)6-3;1-3-9-5(7)6(8)10-4-2;5-3(6,7)1(11)13-2(12)4(8,9)10;1-5-2(3)4;;;;/h1,3,5-6,10H,2,4H2,(H2,12,14);2,4,6-7,11H,3,5H2;3,5,7,11H,4,6H2,1H3;2,5-6,10H,3-4,7,12H2,1H3;1,3,5-6,10H,2,4H2,(H,13,14);1-5H,(H,12,13);1-4,9H,5-6H2,(H,11,12);2-5,10H,1H3;4-6H2,1-3H3;3-4H2,1-2H3;;2H,1H3;2*1H4;2*1H. The van der Waals surface area contributed by atoms with E-state index in [0.717, 1.165) is 103 Å². The van der Waals surface area contributed by atoms with Crippen LogP contribution in [0.1, 0.15) is 194 Å². The average Bonchev–Trinajstić information content (AvgIpc) is 0.814. The van der Waals surface area contributed by atoms with Gasteiger partial charge in [-0.05, 0) is 249 Å². The van der Waals surface area contributed by atoms with Crippen molar-refractivity contribution in [2.75, 3.05) is 46.5 Å². The van der Waals surface area contributed by atoms with E-state index in [9.17, 15) is 88.7 Å². The first-order chi connectivity index (χ1) is 67.4. The Morgan fingerprint density at radius 1 is 0.507 bits per heavy atom. The van der Waals surface area contributed by atoms with E-state index in [1.54, 1.807) is 105 Å². The molecular formula is C103H121Cl2F6N5O28. The molecule has 0 fully saturated rings. The zero-order valence-electron chi connectivity index (χ0n) is 78.8. The number of phenols is 1. The summed E-state index contributed by atoms with van der Waals surface area (Å²) in [5.41, 5.74) is 22.0. The Labute approximate surface area is 841 Å². The van der Waals surface area contributed by atoms with Crippen LogP contribution in [0.2, 0.25) is 0 Å². The summed E-state index contributed by atoms with van der Waals surface area (Å²) in [6.07, 6.45) is -2.09. The Bertz CT molecular complexity index is 5770. The number of hydrogen-bond acceptors (Lipinski definition) is 27. The number of ether oxygens (including phenoxy) is 10. The number of primary amides is 1. The number of aromatic hydroxyl groups is 1. The van der Waals surface area contributed by atoms with E-state index in [1.165, 1.54) is 62.0 Å². The average molecular weight is 2060 g/mol. The number of benzene rings is 8. The number of alkyl halides is 8. The van der Waals surface area contributed by atoms with Crippen LogP contribution >= 0.6 is 23.2 Å². The minimum atomic E-state index is -5.62. The third kappa shape index (κ3) is 43.8. The molecule has 0 radical (unpaired) electrons. The molecule has 7 heterocycles. The van der Waals surface area contributed by atoms with Crippen molar-refractivity contribution in [2.45, 2.75) is 202 Å². The van der Waals surface area contributed by atoms with Crippen molar-refractivity contribution in [1.29, 1.82) is 0 Å². The first-order valence-electron chi connectivity index (χ1n) is 43.9. The summed E-state index contributed by atoms with van der Waals surface area (Å²) >= 11 is 10.0. The number of amides is 1. The number of aliphatic carboxylic acids is 2. The highest BCUT2D eigenvalue weighted by molar-refractivity contribution is 6.43. The third-order valence-electron chi connectivity index (χ3n) is 20.2. The Morgan fingerprint density at radius 3 is 1.24 bits per heavy atom. The molecule has 1 aromatic heterocycles. The zero-order chi connectivity index (χ0) is 106. The maximum Gasteiger partial charge on any atom is 0.491 e. The minimum Gasteiger partial charge on any atom is -0.507 e. The second-order valence-corrected chi connectivity index (χ2v) is 31.4. The van der Waals surface area contributed by atoms with Gasteiger partial charge in [0, 0.05) is 39.3 Å². The fourth-order valence-electron chi connectivity index (χ4n) is 13.0. The Balaban J connectivity index is 0.00000158.